The van der Waals surface area contributed by atoms with E-state index in [4.69, 9.17) is 9.47 Å². The number of nitrogens with zero attached hydrogens (tertiary/aromatic N) is 1. The standard InChI is InChI=1S/C20H23NO4S/c1-13-7-9-26-20(13)15-6-8-21(11-16(15)22)19(23)5-3-14-2-4-17-18(10-14)25-12-24-17/h2,4,7,9-10,15-16,22H,3,5-6,8,11-12H2,1H3/t15-,16-/m1/s1. The Morgan fingerprint density at radius 2 is 2.15 bits per heavy atom. The van der Waals surface area contributed by atoms with Gasteiger partial charge in [-0.25, -0.2) is 0 Å². The van der Waals surface area contributed by atoms with Crippen LogP contribution in [0.2, 0.25) is 0 Å². The van der Waals surface area contributed by atoms with Crippen LogP contribution in [-0.2, 0) is 11.2 Å². The fourth-order valence-electron chi connectivity index (χ4n) is 3.73. The first-order chi connectivity index (χ1) is 12.6. The average Bonchev–Trinajstić information content (AvgIpc) is 3.27. The van der Waals surface area contributed by atoms with E-state index in [9.17, 15) is 9.90 Å². The zero-order valence-electron chi connectivity index (χ0n) is 14.8. The highest BCUT2D eigenvalue weighted by atomic mass is 32.1. The smallest absolute Gasteiger partial charge is 0.231 e. The molecule has 0 bridgehead atoms. The second kappa shape index (κ2) is 7.29. The number of amides is 1. The van der Waals surface area contributed by atoms with Crippen molar-refractivity contribution < 1.29 is 19.4 Å². The van der Waals surface area contributed by atoms with Crippen molar-refractivity contribution in [1.82, 2.24) is 4.90 Å². The van der Waals surface area contributed by atoms with Crippen molar-refractivity contribution in [3.8, 4) is 11.5 Å². The molecule has 1 amide bonds. The van der Waals surface area contributed by atoms with Crippen LogP contribution in [-0.4, -0.2) is 41.9 Å². The maximum absolute atomic E-state index is 12.6. The molecule has 2 aromatic rings. The predicted molar refractivity (Wildman–Crippen MR) is 99.9 cm³/mol. The van der Waals surface area contributed by atoms with E-state index >= 15 is 0 Å². The van der Waals surface area contributed by atoms with Gasteiger partial charge in [0.25, 0.3) is 0 Å². The molecule has 6 heteroatoms. The molecule has 4 rings (SSSR count). The third-order valence-electron chi connectivity index (χ3n) is 5.24. The van der Waals surface area contributed by atoms with Crippen molar-refractivity contribution in [3.05, 3.63) is 45.6 Å². The highest BCUT2D eigenvalue weighted by Crippen LogP contribution is 2.35. The Balaban J connectivity index is 1.32. The van der Waals surface area contributed by atoms with Gasteiger partial charge in [-0.2, -0.15) is 0 Å². The maximum Gasteiger partial charge on any atom is 0.231 e. The lowest BCUT2D eigenvalue weighted by atomic mass is 9.90. The summed E-state index contributed by atoms with van der Waals surface area (Å²) >= 11 is 1.70. The number of hydrogen-bond donors (Lipinski definition) is 1. The molecule has 0 saturated carbocycles. The Morgan fingerprint density at radius 3 is 2.92 bits per heavy atom. The number of likely N-dealkylation sites (tertiary alicyclic amines) is 1. The summed E-state index contributed by atoms with van der Waals surface area (Å²) in [6.07, 6.45) is 1.43. The van der Waals surface area contributed by atoms with Crippen LogP contribution < -0.4 is 9.47 Å². The molecule has 0 aliphatic carbocycles. The number of piperidine rings is 1. The van der Waals surface area contributed by atoms with Crippen molar-refractivity contribution in [2.45, 2.75) is 38.2 Å². The first kappa shape index (κ1) is 17.4. The predicted octanol–water partition coefficient (Wildman–Crippen LogP) is 3.09. The number of hydrogen-bond acceptors (Lipinski definition) is 5. The van der Waals surface area contributed by atoms with Crippen LogP contribution >= 0.6 is 11.3 Å². The molecule has 1 aromatic heterocycles. The quantitative estimate of drug-likeness (QED) is 0.895. The number of aryl methyl sites for hydroxylation is 2. The van der Waals surface area contributed by atoms with Crippen molar-refractivity contribution in [1.29, 1.82) is 0 Å². The summed E-state index contributed by atoms with van der Waals surface area (Å²) in [6, 6.07) is 7.90. The molecule has 26 heavy (non-hydrogen) atoms. The van der Waals surface area contributed by atoms with Crippen LogP contribution in [0, 0.1) is 6.92 Å². The normalized spacial score (nSPS) is 21.8. The van der Waals surface area contributed by atoms with E-state index in [-0.39, 0.29) is 18.6 Å². The van der Waals surface area contributed by atoms with Crippen molar-refractivity contribution in [2.75, 3.05) is 19.9 Å². The second-order valence-corrected chi connectivity index (χ2v) is 7.91. The van der Waals surface area contributed by atoms with Gasteiger partial charge in [0, 0.05) is 30.3 Å². The number of β-amino-alcohol motifs (C(OH)–C–C–N with tert-alkyl or cyclic N) is 1. The van der Waals surface area contributed by atoms with E-state index in [0.29, 0.717) is 25.9 Å². The molecule has 138 valence electrons. The minimum Gasteiger partial charge on any atom is -0.454 e. The van der Waals surface area contributed by atoms with Gasteiger partial charge < -0.3 is 19.5 Å². The van der Waals surface area contributed by atoms with Crippen molar-refractivity contribution >= 4 is 17.2 Å². The number of ether oxygens (including phenoxy) is 2. The fraction of sp³-hybridized carbons (Fsp3) is 0.450. The Labute approximate surface area is 157 Å². The number of carbonyl (C=O) groups excluding carboxylic acids is 1. The number of fused-ring (bicyclic) bond motifs is 1. The zero-order chi connectivity index (χ0) is 18.1. The SMILES string of the molecule is Cc1ccsc1[C@@H]1CCN(C(=O)CCc2ccc3c(c2)OCO3)C[C@H]1O. The van der Waals surface area contributed by atoms with Crippen LogP contribution in [0.5, 0.6) is 11.5 Å². The molecule has 2 aliphatic heterocycles. The molecule has 0 spiro atoms. The first-order valence-corrected chi connectivity index (χ1v) is 9.88. The molecule has 2 atom stereocenters. The van der Waals surface area contributed by atoms with E-state index in [2.05, 4.69) is 18.4 Å². The van der Waals surface area contributed by atoms with Crippen LogP contribution in [0.1, 0.15) is 34.8 Å². The van der Waals surface area contributed by atoms with Gasteiger partial charge >= 0.3 is 0 Å². The lowest BCUT2D eigenvalue weighted by Gasteiger charge is -2.36. The molecule has 2 aliphatic rings. The highest BCUT2D eigenvalue weighted by molar-refractivity contribution is 7.10. The molecular formula is C20H23NO4S. The molecule has 1 aromatic carbocycles. The van der Waals surface area contributed by atoms with Gasteiger partial charge in [-0.05, 0) is 54.5 Å². The van der Waals surface area contributed by atoms with Crippen LogP contribution in [0.4, 0.5) is 0 Å². The van der Waals surface area contributed by atoms with Crippen LogP contribution in [0.25, 0.3) is 0 Å². The summed E-state index contributed by atoms with van der Waals surface area (Å²) in [5, 5.41) is 12.6. The van der Waals surface area contributed by atoms with Gasteiger partial charge in [0.2, 0.25) is 12.7 Å². The van der Waals surface area contributed by atoms with Gasteiger partial charge in [0.1, 0.15) is 0 Å². The van der Waals surface area contributed by atoms with Gasteiger partial charge in [0.15, 0.2) is 11.5 Å². The third kappa shape index (κ3) is 3.44. The summed E-state index contributed by atoms with van der Waals surface area (Å²) in [6.45, 7) is 3.47. The number of benzene rings is 1. The largest absolute Gasteiger partial charge is 0.454 e. The van der Waals surface area contributed by atoms with Gasteiger partial charge in [-0.1, -0.05) is 6.07 Å². The van der Waals surface area contributed by atoms with Gasteiger partial charge in [0.05, 0.1) is 6.10 Å². The summed E-state index contributed by atoms with van der Waals surface area (Å²) in [4.78, 5) is 15.6. The monoisotopic (exact) mass is 373 g/mol. The minimum absolute atomic E-state index is 0.100. The third-order valence-corrected chi connectivity index (χ3v) is 6.39. The Morgan fingerprint density at radius 1 is 1.31 bits per heavy atom. The summed E-state index contributed by atoms with van der Waals surface area (Å²) in [5.41, 5.74) is 2.30. The molecule has 1 N–H and O–H groups in total. The van der Waals surface area contributed by atoms with E-state index in [1.807, 2.05) is 18.2 Å². The maximum atomic E-state index is 12.6. The molecule has 0 radical (unpaired) electrons. The fourth-order valence-corrected chi connectivity index (χ4v) is 4.86. The molecule has 3 heterocycles. The second-order valence-electron chi connectivity index (χ2n) is 6.96. The van der Waals surface area contributed by atoms with E-state index in [0.717, 1.165) is 23.5 Å². The van der Waals surface area contributed by atoms with E-state index < -0.39 is 6.10 Å². The summed E-state index contributed by atoms with van der Waals surface area (Å²) in [5.74, 6) is 1.75. The van der Waals surface area contributed by atoms with Crippen molar-refractivity contribution in [3.63, 3.8) is 0 Å². The van der Waals surface area contributed by atoms with E-state index in [1.165, 1.54) is 10.4 Å². The molecule has 1 fully saturated rings. The minimum atomic E-state index is -0.490. The molecular weight excluding hydrogens is 350 g/mol. The van der Waals surface area contributed by atoms with Crippen LogP contribution in [0.15, 0.2) is 29.6 Å². The highest BCUT2D eigenvalue weighted by Gasteiger charge is 2.32. The number of aliphatic hydroxyl groups is 1. The number of thiophene rings is 1. The molecule has 5 nitrogen and oxygen atoms in total. The average molecular weight is 373 g/mol. The van der Waals surface area contributed by atoms with Gasteiger partial charge in [-0.3, -0.25) is 4.79 Å². The van der Waals surface area contributed by atoms with Gasteiger partial charge in [-0.15, -0.1) is 11.3 Å². The zero-order valence-corrected chi connectivity index (χ0v) is 15.6. The Hall–Kier alpha value is -2.05. The summed E-state index contributed by atoms with van der Waals surface area (Å²) < 4.78 is 10.7. The number of carbonyl (C=O) groups is 1. The first-order valence-electron chi connectivity index (χ1n) is 9.00. The van der Waals surface area contributed by atoms with Crippen LogP contribution in [0.3, 0.4) is 0 Å². The lowest BCUT2D eigenvalue weighted by molar-refractivity contribution is -0.134. The number of rotatable bonds is 4. The topological polar surface area (TPSA) is 59.0 Å². The molecule has 0 unspecified atom stereocenters. The Kier molecular flexibility index (Phi) is 4.87. The number of aliphatic hydroxyl groups excluding tert-OH is 1. The summed E-state index contributed by atoms with van der Waals surface area (Å²) in [7, 11) is 0. The Bertz CT molecular complexity index is 803. The molecule has 1 saturated heterocycles. The van der Waals surface area contributed by atoms with E-state index in [1.54, 1.807) is 16.2 Å². The lowest BCUT2D eigenvalue weighted by Crippen LogP contribution is -2.45. The van der Waals surface area contributed by atoms with Crippen molar-refractivity contribution in [2.24, 2.45) is 0 Å².